The van der Waals surface area contributed by atoms with Crippen LogP contribution in [0, 0.1) is 11.6 Å². The summed E-state index contributed by atoms with van der Waals surface area (Å²) in [4.78, 5) is 10.5. The number of nitrogens with one attached hydrogen (secondary N) is 2. The topological polar surface area (TPSA) is 46.2 Å². The van der Waals surface area contributed by atoms with Crippen LogP contribution in [-0.2, 0) is 16.9 Å². The molecule has 1 aromatic carbocycles. The Bertz CT molecular complexity index is 844. The number of nitrogens with zero attached hydrogens (tertiary/aromatic N) is 1. The standard InChI is InChI=1S/C20H21F2N3OS/c1-23-19(27)20(15-5-4-10-24-12-15)9-3-2-6-18(20)25-26-13-14-7-8-16(21)17(22)11-14/h4-8,10-12,25H,2-3,9,13H2,1H3,(H,23,27). The molecule has 0 bridgehead atoms. The van der Waals surface area contributed by atoms with Gasteiger partial charge in [-0.15, -0.1) is 0 Å². The van der Waals surface area contributed by atoms with Crippen LogP contribution in [0.2, 0.25) is 0 Å². The summed E-state index contributed by atoms with van der Waals surface area (Å²) >= 11 is 5.66. The molecule has 4 nitrogen and oxygen atoms in total. The van der Waals surface area contributed by atoms with Crippen molar-refractivity contribution in [1.82, 2.24) is 15.8 Å². The van der Waals surface area contributed by atoms with E-state index in [1.807, 2.05) is 12.1 Å². The lowest BCUT2D eigenvalue weighted by atomic mass is 9.71. The second-order valence-electron chi connectivity index (χ2n) is 6.38. The number of aromatic nitrogens is 1. The summed E-state index contributed by atoms with van der Waals surface area (Å²) in [7, 11) is 1.80. The predicted octanol–water partition coefficient (Wildman–Crippen LogP) is 3.93. The van der Waals surface area contributed by atoms with E-state index in [1.165, 1.54) is 6.07 Å². The van der Waals surface area contributed by atoms with Crippen molar-refractivity contribution < 1.29 is 13.6 Å². The molecule has 27 heavy (non-hydrogen) atoms. The summed E-state index contributed by atoms with van der Waals surface area (Å²) in [5.74, 6) is -1.77. The second kappa shape index (κ2) is 8.54. The van der Waals surface area contributed by atoms with Gasteiger partial charge in [0.25, 0.3) is 0 Å². The van der Waals surface area contributed by atoms with Gasteiger partial charge in [-0.05, 0) is 48.6 Å². The van der Waals surface area contributed by atoms with E-state index in [0.717, 1.165) is 42.7 Å². The first-order chi connectivity index (χ1) is 13.1. The molecule has 2 aromatic rings. The molecule has 0 fully saturated rings. The van der Waals surface area contributed by atoms with E-state index in [9.17, 15) is 8.78 Å². The van der Waals surface area contributed by atoms with Crippen molar-refractivity contribution in [2.45, 2.75) is 31.3 Å². The molecule has 0 saturated carbocycles. The van der Waals surface area contributed by atoms with Crippen molar-refractivity contribution in [1.29, 1.82) is 0 Å². The fraction of sp³-hybridized carbons (Fsp3) is 0.300. The molecule has 3 rings (SSSR count). The maximum atomic E-state index is 13.4. The van der Waals surface area contributed by atoms with Crippen molar-refractivity contribution in [2.24, 2.45) is 0 Å². The first kappa shape index (κ1) is 19.4. The molecule has 0 radical (unpaired) electrons. The predicted molar refractivity (Wildman–Crippen MR) is 104 cm³/mol. The van der Waals surface area contributed by atoms with Crippen LogP contribution in [0.15, 0.2) is 54.5 Å². The third kappa shape index (κ3) is 3.99. The maximum absolute atomic E-state index is 13.4. The monoisotopic (exact) mass is 389 g/mol. The molecular weight excluding hydrogens is 368 g/mol. The Morgan fingerprint density at radius 1 is 1.30 bits per heavy atom. The minimum Gasteiger partial charge on any atom is -0.382 e. The van der Waals surface area contributed by atoms with E-state index in [0.29, 0.717) is 10.6 Å². The Labute approximate surface area is 162 Å². The van der Waals surface area contributed by atoms with Gasteiger partial charge in [0, 0.05) is 19.4 Å². The number of pyridine rings is 1. The van der Waals surface area contributed by atoms with Crippen LogP contribution in [0.4, 0.5) is 8.78 Å². The number of hydrogen-bond acceptors (Lipinski definition) is 4. The summed E-state index contributed by atoms with van der Waals surface area (Å²) < 4.78 is 26.4. The third-order valence-corrected chi connectivity index (χ3v) is 5.29. The molecule has 1 aromatic heterocycles. The highest BCUT2D eigenvalue weighted by Crippen LogP contribution is 2.40. The van der Waals surface area contributed by atoms with Crippen LogP contribution in [0.3, 0.4) is 0 Å². The van der Waals surface area contributed by atoms with Gasteiger partial charge in [0.2, 0.25) is 0 Å². The number of hydroxylamine groups is 1. The van der Waals surface area contributed by atoms with Gasteiger partial charge in [0.15, 0.2) is 11.6 Å². The number of rotatable bonds is 6. The van der Waals surface area contributed by atoms with Crippen LogP contribution < -0.4 is 10.8 Å². The largest absolute Gasteiger partial charge is 0.382 e. The highest BCUT2D eigenvalue weighted by molar-refractivity contribution is 7.80. The van der Waals surface area contributed by atoms with E-state index < -0.39 is 17.0 Å². The molecule has 0 aliphatic heterocycles. The highest BCUT2D eigenvalue weighted by Gasteiger charge is 2.42. The average molecular weight is 389 g/mol. The molecule has 1 heterocycles. The quantitative estimate of drug-likeness (QED) is 0.579. The van der Waals surface area contributed by atoms with Gasteiger partial charge in [-0.1, -0.05) is 30.4 Å². The third-order valence-electron chi connectivity index (χ3n) is 4.74. The number of benzene rings is 1. The number of likely N-dealkylation sites (N-methyl/N-ethyl adjacent to an activating group) is 1. The van der Waals surface area contributed by atoms with Crippen LogP contribution in [0.25, 0.3) is 0 Å². The summed E-state index contributed by atoms with van der Waals surface area (Å²) in [6.45, 7) is 0.0873. The lowest BCUT2D eigenvalue weighted by Gasteiger charge is -2.39. The molecule has 1 aliphatic carbocycles. The van der Waals surface area contributed by atoms with Crippen LogP contribution >= 0.6 is 12.2 Å². The van der Waals surface area contributed by atoms with Crippen molar-refractivity contribution in [3.05, 3.63) is 77.3 Å². The molecule has 1 atom stereocenters. The molecule has 0 spiro atoms. The first-order valence-corrected chi connectivity index (χ1v) is 9.14. The Morgan fingerprint density at radius 3 is 2.85 bits per heavy atom. The molecule has 1 unspecified atom stereocenters. The Balaban J connectivity index is 1.81. The fourth-order valence-corrected chi connectivity index (χ4v) is 3.70. The average Bonchev–Trinajstić information content (AvgIpc) is 2.71. The molecule has 0 saturated heterocycles. The van der Waals surface area contributed by atoms with Crippen LogP contribution in [0.1, 0.15) is 30.4 Å². The number of hydrogen-bond donors (Lipinski definition) is 2. The molecule has 142 valence electrons. The smallest absolute Gasteiger partial charge is 0.159 e. The SMILES string of the molecule is CNC(=S)C1(c2cccnc2)CCCC=C1NOCc1ccc(F)c(F)c1. The van der Waals surface area contributed by atoms with E-state index >= 15 is 0 Å². The number of halogens is 2. The van der Waals surface area contributed by atoms with Crippen molar-refractivity contribution in [3.8, 4) is 0 Å². The van der Waals surface area contributed by atoms with Gasteiger partial charge >= 0.3 is 0 Å². The van der Waals surface area contributed by atoms with Crippen molar-refractivity contribution in [3.63, 3.8) is 0 Å². The summed E-state index contributed by atoms with van der Waals surface area (Å²) in [6, 6.07) is 7.57. The number of allylic oxidation sites excluding steroid dienone is 1. The zero-order valence-corrected chi connectivity index (χ0v) is 15.8. The lowest BCUT2D eigenvalue weighted by molar-refractivity contribution is 0.0408. The van der Waals surface area contributed by atoms with E-state index in [1.54, 1.807) is 19.4 Å². The van der Waals surface area contributed by atoms with E-state index in [-0.39, 0.29) is 6.61 Å². The first-order valence-electron chi connectivity index (χ1n) is 8.73. The van der Waals surface area contributed by atoms with E-state index in [4.69, 9.17) is 17.1 Å². The second-order valence-corrected chi connectivity index (χ2v) is 6.78. The van der Waals surface area contributed by atoms with Gasteiger partial charge < -0.3 is 5.32 Å². The van der Waals surface area contributed by atoms with Gasteiger partial charge in [0.1, 0.15) is 0 Å². The summed E-state index contributed by atoms with van der Waals surface area (Å²) in [6.07, 6.45) is 8.27. The fourth-order valence-electron chi connectivity index (χ4n) is 3.37. The minimum absolute atomic E-state index is 0.0873. The van der Waals surface area contributed by atoms with Crippen LogP contribution in [-0.4, -0.2) is 17.0 Å². The Kier molecular flexibility index (Phi) is 6.13. The van der Waals surface area contributed by atoms with Crippen LogP contribution in [0.5, 0.6) is 0 Å². The van der Waals surface area contributed by atoms with Gasteiger partial charge in [-0.3, -0.25) is 15.3 Å². The maximum Gasteiger partial charge on any atom is 0.159 e. The zero-order valence-electron chi connectivity index (χ0n) is 15.0. The van der Waals surface area contributed by atoms with Crippen molar-refractivity contribution >= 4 is 17.2 Å². The molecule has 7 heteroatoms. The molecule has 0 amide bonds. The van der Waals surface area contributed by atoms with E-state index in [2.05, 4.69) is 21.9 Å². The van der Waals surface area contributed by atoms with Gasteiger partial charge in [0.05, 0.1) is 22.7 Å². The highest BCUT2D eigenvalue weighted by atomic mass is 32.1. The Morgan fingerprint density at radius 2 is 2.15 bits per heavy atom. The van der Waals surface area contributed by atoms with Gasteiger partial charge in [-0.2, -0.15) is 0 Å². The van der Waals surface area contributed by atoms with Gasteiger partial charge in [-0.25, -0.2) is 8.78 Å². The van der Waals surface area contributed by atoms with Crippen molar-refractivity contribution in [2.75, 3.05) is 7.05 Å². The molecule has 2 N–H and O–H groups in total. The number of thiocarbonyl (C=S) groups is 1. The summed E-state index contributed by atoms with van der Waals surface area (Å²) in [5, 5.41) is 3.10. The Hall–Kier alpha value is -2.38. The molecular formula is C20H21F2N3OS. The zero-order chi connectivity index (χ0) is 19.3. The normalized spacial score (nSPS) is 19.3. The minimum atomic E-state index is -0.894. The molecule has 1 aliphatic rings. The lowest BCUT2D eigenvalue weighted by Crippen LogP contribution is -2.48. The summed E-state index contributed by atoms with van der Waals surface area (Å²) in [5.41, 5.74) is 4.76.